The number of likely N-dealkylation sites (N-methyl/N-ethyl adjacent to an activating group) is 1. The van der Waals surface area contributed by atoms with Crippen LogP contribution < -0.4 is 15.5 Å². The molecule has 11 nitrogen and oxygen atoms in total. The van der Waals surface area contributed by atoms with E-state index in [9.17, 15) is 19.2 Å². The van der Waals surface area contributed by atoms with Gasteiger partial charge in [-0.2, -0.15) is 0 Å². The standard InChI is InChI=1S/C25H30N4O7/c1-28(15-22(30)26-19-4-6-21(7-5-19)29-8-10-36-11-9-29)16-23(31)27-20-13-17(24(32)34-2)12-18(14-20)25(33)35-3/h4-7,12-14H,8-11,15-16H2,1-3H3,(H,26,30)(H,27,31). The summed E-state index contributed by atoms with van der Waals surface area (Å²) in [5.74, 6) is -2.03. The quantitative estimate of drug-likeness (QED) is 0.496. The first-order valence-electron chi connectivity index (χ1n) is 11.3. The van der Waals surface area contributed by atoms with Gasteiger partial charge in [-0.05, 0) is 49.5 Å². The van der Waals surface area contributed by atoms with Crippen LogP contribution >= 0.6 is 0 Å². The minimum atomic E-state index is -0.664. The van der Waals surface area contributed by atoms with Crippen LogP contribution in [0.15, 0.2) is 42.5 Å². The van der Waals surface area contributed by atoms with E-state index < -0.39 is 17.8 Å². The van der Waals surface area contributed by atoms with Gasteiger partial charge >= 0.3 is 11.9 Å². The van der Waals surface area contributed by atoms with Gasteiger partial charge in [-0.25, -0.2) is 9.59 Å². The van der Waals surface area contributed by atoms with Crippen LogP contribution in [-0.4, -0.2) is 89.3 Å². The van der Waals surface area contributed by atoms with Crippen LogP contribution in [0.1, 0.15) is 20.7 Å². The number of anilines is 3. The molecule has 1 saturated heterocycles. The molecule has 2 N–H and O–H groups in total. The number of methoxy groups -OCH3 is 2. The average Bonchev–Trinajstić information content (AvgIpc) is 2.88. The van der Waals surface area contributed by atoms with Gasteiger partial charge in [-0.15, -0.1) is 0 Å². The minimum absolute atomic E-state index is 0.0196. The first-order valence-corrected chi connectivity index (χ1v) is 11.3. The number of carbonyl (C=O) groups excluding carboxylic acids is 4. The highest BCUT2D eigenvalue weighted by atomic mass is 16.5. The van der Waals surface area contributed by atoms with Gasteiger partial charge in [0.25, 0.3) is 0 Å². The topological polar surface area (TPSA) is 127 Å². The predicted octanol–water partition coefficient (Wildman–Crippen LogP) is 1.61. The maximum absolute atomic E-state index is 12.5. The van der Waals surface area contributed by atoms with E-state index in [2.05, 4.69) is 15.5 Å². The summed E-state index contributed by atoms with van der Waals surface area (Å²) in [5, 5.41) is 5.45. The average molecular weight is 499 g/mol. The molecular formula is C25H30N4O7. The van der Waals surface area contributed by atoms with E-state index in [1.165, 1.54) is 37.3 Å². The third-order valence-electron chi connectivity index (χ3n) is 5.41. The lowest BCUT2D eigenvalue weighted by Crippen LogP contribution is -2.36. The molecule has 1 aliphatic rings. The number of rotatable bonds is 9. The lowest BCUT2D eigenvalue weighted by molar-refractivity contribution is -0.119. The van der Waals surface area contributed by atoms with E-state index in [0.717, 1.165) is 18.8 Å². The second-order valence-electron chi connectivity index (χ2n) is 8.20. The van der Waals surface area contributed by atoms with E-state index >= 15 is 0 Å². The highest BCUT2D eigenvalue weighted by Crippen LogP contribution is 2.19. The molecule has 0 bridgehead atoms. The summed E-state index contributed by atoms with van der Waals surface area (Å²) in [4.78, 5) is 52.6. The van der Waals surface area contributed by atoms with Crippen LogP contribution in [0.2, 0.25) is 0 Å². The van der Waals surface area contributed by atoms with Crippen molar-refractivity contribution in [3.63, 3.8) is 0 Å². The highest BCUT2D eigenvalue weighted by molar-refractivity contribution is 6.00. The lowest BCUT2D eigenvalue weighted by atomic mass is 10.1. The Labute approximate surface area is 209 Å². The van der Waals surface area contributed by atoms with Gasteiger partial charge in [-0.3, -0.25) is 14.5 Å². The molecule has 0 spiro atoms. The highest BCUT2D eigenvalue weighted by Gasteiger charge is 2.17. The number of morpholine rings is 1. The first-order chi connectivity index (χ1) is 17.3. The molecule has 2 aromatic carbocycles. The second kappa shape index (κ2) is 12.7. The maximum Gasteiger partial charge on any atom is 0.337 e. The third-order valence-corrected chi connectivity index (χ3v) is 5.41. The lowest BCUT2D eigenvalue weighted by Gasteiger charge is -2.28. The predicted molar refractivity (Wildman–Crippen MR) is 133 cm³/mol. The number of nitrogens with one attached hydrogen (secondary N) is 2. The summed E-state index contributed by atoms with van der Waals surface area (Å²) < 4.78 is 14.8. The van der Waals surface area contributed by atoms with Crippen molar-refractivity contribution in [3.8, 4) is 0 Å². The van der Waals surface area contributed by atoms with E-state index in [0.29, 0.717) is 18.9 Å². The molecule has 2 amide bonds. The zero-order valence-corrected chi connectivity index (χ0v) is 20.5. The molecular weight excluding hydrogens is 468 g/mol. The normalized spacial score (nSPS) is 13.2. The van der Waals surface area contributed by atoms with Gasteiger partial charge in [0.15, 0.2) is 0 Å². The Bertz CT molecular complexity index is 1060. The van der Waals surface area contributed by atoms with Crippen molar-refractivity contribution in [2.45, 2.75) is 0 Å². The molecule has 0 unspecified atom stereocenters. The number of nitrogens with zero attached hydrogens (tertiary/aromatic N) is 2. The zero-order valence-electron chi connectivity index (χ0n) is 20.5. The van der Waals surface area contributed by atoms with Crippen molar-refractivity contribution in [2.24, 2.45) is 0 Å². The number of esters is 2. The summed E-state index contributed by atoms with van der Waals surface area (Å²) in [7, 11) is 4.05. The molecule has 1 heterocycles. The van der Waals surface area contributed by atoms with Gasteiger partial charge in [0, 0.05) is 30.2 Å². The minimum Gasteiger partial charge on any atom is -0.465 e. The fourth-order valence-electron chi connectivity index (χ4n) is 3.70. The van der Waals surface area contributed by atoms with Gasteiger partial charge in [0.05, 0.1) is 51.6 Å². The molecule has 0 aliphatic carbocycles. The molecule has 0 aromatic heterocycles. The first kappa shape index (κ1) is 26.6. The van der Waals surface area contributed by atoms with Crippen molar-refractivity contribution in [2.75, 3.05) is 76.2 Å². The number of amides is 2. The molecule has 1 aliphatic heterocycles. The molecule has 192 valence electrons. The van der Waals surface area contributed by atoms with E-state index in [4.69, 9.17) is 14.2 Å². The van der Waals surface area contributed by atoms with Gasteiger partial charge < -0.3 is 29.7 Å². The SMILES string of the molecule is COC(=O)c1cc(NC(=O)CN(C)CC(=O)Nc2ccc(N3CCOCC3)cc2)cc(C(=O)OC)c1. The Hall–Kier alpha value is -3.96. The van der Waals surface area contributed by atoms with Crippen molar-refractivity contribution < 1.29 is 33.4 Å². The molecule has 3 rings (SSSR count). The molecule has 11 heteroatoms. The van der Waals surface area contributed by atoms with Crippen LogP contribution in [0.25, 0.3) is 0 Å². The fourth-order valence-corrected chi connectivity index (χ4v) is 3.70. The fraction of sp³-hybridized carbons (Fsp3) is 0.360. The number of hydrogen-bond acceptors (Lipinski definition) is 9. The van der Waals surface area contributed by atoms with E-state index in [1.54, 1.807) is 7.05 Å². The van der Waals surface area contributed by atoms with Crippen molar-refractivity contribution in [1.29, 1.82) is 0 Å². The van der Waals surface area contributed by atoms with Crippen molar-refractivity contribution in [3.05, 3.63) is 53.6 Å². The zero-order chi connectivity index (χ0) is 26.1. The Morgan fingerprint density at radius 3 is 1.83 bits per heavy atom. The second-order valence-corrected chi connectivity index (χ2v) is 8.20. The van der Waals surface area contributed by atoms with Gasteiger partial charge in [0.2, 0.25) is 11.8 Å². The number of benzene rings is 2. The van der Waals surface area contributed by atoms with Crippen LogP contribution in [0.4, 0.5) is 17.1 Å². The Morgan fingerprint density at radius 1 is 0.833 bits per heavy atom. The summed E-state index contributed by atoms with van der Waals surface area (Å²) in [5.41, 5.74) is 2.12. The molecule has 1 fully saturated rings. The van der Waals surface area contributed by atoms with Crippen LogP contribution in [0.3, 0.4) is 0 Å². The van der Waals surface area contributed by atoms with Crippen molar-refractivity contribution in [1.82, 2.24) is 4.90 Å². The molecule has 0 atom stereocenters. The van der Waals surface area contributed by atoms with Gasteiger partial charge in [0.1, 0.15) is 0 Å². The Morgan fingerprint density at radius 2 is 1.33 bits per heavy atom. The Balaban J connectivity index is 1.53. The number of ether oxygens (including phenoxy) is 3. The Kier molecular flexibility index (Phi) is 9.37. The van der Waals surface area contributed by atoms with Crippen LogP contribution in [-0.2, 0) is 23.8 Å². The number of hydrogen-bond donors (Lipinski definition) is 2. The summed E-state index contributed by atoms with van der Waals surface area (Å²) >= 11 is 0. The number of carbonyl (C=O) groups is 4. The van der Waals surface area contributed by atoms with E-state index in [1.807, 2.05) is 24.3 Å². The van der Waals surface area contributed by atoms with Crippen molar-refractivity contribution >= 4 is 40.8 Å². The van der Waals surface area contributed by atoms with Gasteiger partial charge in [-0.1, -0.05) is 0 Å². The molecule has 0 saturated carbocycles. The monoisotopic (exact) mass is 498 g/mol. The van der Waals surface area contributed by atoms with Crippen LogP contribution in [0.5, 0.6) is 0 Å². The smallest absolute Gasteiger partial charge is 0.337 e. The largest absolute Gasteiger partial charge is 0.465 e. The van der Waals surface area contributed by atoms with E-state index in [-0.39, 0.29) is 35.8 Å². The summed E-state index contributed by atoms with van der Waals surface area (Å²) in [6.45, 7) is 2.93. The summed E-state index contributed by atoms with van der Waals surface area (Å²) in [6.07, 6.45) is 0. The molecule has 0 radical (unpaired) electrons. The molecule has 36 heavy (non-hydrogen) atoms. The van der Waals surface area contributed by atoms with Crippen LogP contribution in [0, 0.1) is 0 Å². The summed E-state index contributed by atoms with van der Waals surface area (Å²) in [6, 6.07) is 11.7. The molecule has 2 aromatic rings. The maximum atomic E-state index is 12.5. The third kappa shape index (κ3) is 7.52.